The van der Waals surface area contributed by atoms with E-state index in [0.29, 0.717) is 19.1 Å². The van der Waals surface area contributed by atoms with Crippen molar-refractivity contribution in [2.24, 2.45) is 10.7 Å². The van der Waals surface area contributed by atoms with Gasteiger partial charge in [0.1, 0.15) is 0 Å². The van der Waals surface area contributed by atoms with Crippen LogP contribution < -0.4 is 11.1 Å². The van der Waals surface area contributed by atoms with E-state index in [1.54, 1.807) is 18.9 Å². The van der Waals surface area contributed by atoms with Gasteiger partial charge in [-0.15, -0.1) is 11.8 Å². The molecule has 0 radical (unpaired) electrons. The van der Waals surface area contributed by atoms with E-state index in [4.69, 9.17) is 10.5 Å². The summed E-state index contributed by atoms with van der Waals surface area (Å²) in [7, 11) is 1.67. The molecule has 1 aromatic carbocycles. The van der Waals surface area contributed by atoms with Gasteiger partial charge >= 0.3 is 0 Å². The van der Waals surface area contributed by atoms with Crippen LogP contribution in [-0.2, 0) is 11.3 Å². The molecule has 0 aliphatic heterocycles. The Labute approximate surface area is 119 Å². The second-order valence-electron chi connectivity index (χ2n) is 4.52. The number of hydrogen-bond acceptors (Lipinski definition) is 3. The van der Waals surface area contributed by atoms with E-state index in [-0.39, 0.29) is 6.04 Å². The maximum atomic E-state index is 5.85. The molecule has 19 heavy (non-hydrogen) atoms. The van der Waals surface area contributed by atoms with Gasteiger partial charge in [-0.25, -0.2) is 4.99 Å². The number of aliphatic imine (C=N–C) groups is 1. The molecular formula is C14H23N3OS. The summed E-state index contributed by atoms with van der Waals surface area (Å²) in [5, 5.41) is 3.10. The van der Waals surface area contributed by atoms with Crippen molar-refractivity contribution in [3.05, 3.63) is 29.3 Å². The molecule has 0 saturated carbocycles. The predicted octanol–water partition coefficient (Wildman–Crippen LogP) is 2.16. The van der Waals surface area contributed by atoms with Gasteiger partial charge in [-0.05, 0) is 37.3 Å². The van der Waals surface area contributed by atoms with Crippen molar-refractivity contribution in [3.63, 3.8) is 0 Å². The minimum atomic E-state index is 0.159. The van der Waals surface area contributed by atoms with E-state index in [1.165, 1.54) is 16.0 Å². The molecule has 0 aliphatic rings. The molecular weight excluding hydrogens is 258 g/mol. The zero-order valence-corrected chi connectivity index (χ0v) is 12.9. The third kappa shape index (κ3) is 5.53. The molecule has 1 rings (SSSR count). The SMILES string of the molecule is COCC(C)NC(N)=NCc1ccc(C)cc1SC. The van der Waals surface area contributed by atoms with Crippen LogP contribution in [0.4, 0.5) is 0 Å². The zero-order valence-electron chi connectivity index (χ0n) is 12.1. The van der Waals surface area contributed by atoms with E-state index >= 15 is 0 Å². The summed E-state index contributed by atoms with van der Waals surface area (Å²) in [5.74, 6) is 0.456. The van der Waals surface area contributed by atoms with Crippen LogP contribution in [-0.4, -0.2) is 32.0 Å². The van der Waals surface area contributed by atoms with E-state index < -0.39 is 0 Å². The highest BCUT2D eigenvalue weighted by atomic mass is 32.2. The van der Waals surface area contributed by atoms with Crippen molar-refractivity contribution < 1.29 is 4.74 Å². The normalized spacial score (nSPS) is 13.4. The van der Waals surface area contributed by atoms with Crippen molar-refractivity contribution in [1.29, 1.82) is 0 Å². The lowest BCUT2D eigenvalue weighted by Gasteiger charge is -2.13. The standard InChI is InChI=1S/C14H23N3OS/c1-10-5-6-12(13(7-10)19-4)8-16-14(15)17-11(2)9-18-3/h5-7,11H,8-9H2,1-4H3,(H3,15,16,17). The summed E-state index contributed by atoms with van der Waals surface area (Å²) < 4.78 is 5.04. The Morgan fingerprint density at radius 3 is 2.89 bits per heavy atom. The Morgan fingerprint density at radius 2 is 2.26 bits per heavy atom. The number of benzene rings is 1. The van der Waals surface area contributed by atoms with Gasteiger partial charge in [-0.3, -0.25) is 0 Å². The van der Waals surface area contributed by atoms with Crippen LogP contribution in [0.1, 0.15) is 18.1 Å². The number of methoxy groups -OCH3 is 1. The average molecular weight is 281 g/mol. The Balaban J connectivity index is 2.64. The number of ether oxygens (including phenoxy) is 1. The molecule has 0 bridgehead atoms. The molecule has 0 aromatic heterocycles. The Hall–Kier alpha value is -1.20. The zero-order chi connectivity index (χ0) is 14.3. The van der Waals surface area contributed by atoms with Crippen LogP contribution in [0.2, 0.25) is 0 Å². The van der Waals surface area contributed by atoms with Gasteiger partial charge in [-0.1, -0.05) is 12.1 Å². The number of nitrogens with two attached hydrogens (primary N) is 1. The monoisotopic (exact) mass is 281 g/mol. The molecule has 0 fully saturated rings. The smallest absolute Gasteiger partial charge is 0.189 e. The first-order valence-corrected chi connectivity index (χ1v) is 7.48. The third-order valence-corrected chi connectivity index (χ3v) is 3.49. The molecule has 4 nitrogen and oxygen atoms in total. The maximum Gasteiger partial charge on any atom is 0.189 e. The third-order valence-electron chi connectivity index (χ3n) is 2.67. The number of thioether (sulfide) groups is 1. The molecule has 1 unspecified atom stereocenters. The van der Waals surface area contributed by atoms with Crippen LogP contribution >= 0.6 is 11.8 Å². The van der Waals surface area contributed by atoms with Crippen molar-refractivity contribution in [3.8, 4) is 0 Å². The topological polar surface area (TPSA) is 59.6 Å². The van der Waals surface area contributed by atoms with Crippen LogP contribution in [0, 0.1) is 6.92 Å². The first-order valence-electron chi connectivity index (χ1n) is 6.25. The minimum Gasteiger partial charge on any atom is -0.383 e. The van der Waals surface area contributed by atoms with E-state index in [1.807, 2.05) is 6.92 Å². The number of guanidine groups is 1. The summed E-state index contributed by atoms with van der Waals surface area (Å²) in [4.78, 5) is 5.62. The second-order valence-corrected chi connectivity index (χ2v) is 5.37. The maximum absolute atomic E-state index is 5.85. The van der Waals surface area contributed by atoms with Crippen LogP contribution in [0.3, 0.4) is 0 Å². The van der Waals surface area contributed by atoms with E-state index in [9.17, 15) is 0 Å². The van der Waals surface area contributed by atoms with Crippen LogP contribution in [0.25, 0.3) is 0 Å². The summed E-state index contributed by atoms with van der Waals surface area (Å²) >= 11 is 1.73. The molecule has 0 aliphatic carbocycles. The van der Waals surface area contributed by atoms with Gasteiger partial charge < -0.3 is 15.8 Å². The summed E-state index contributed by atoms with van der Waals surface area (Å²) in [5.41, 5.74) is 8.31. The Morgan fingerprint density at radius 1 is 1.53 bits per heavy atom. The molecule has 106 valence electrons. The highest BCUT2D eigenvalue weighted by Gasteiger charge is 2.04. The molecule has 1 atom stereocenters. The van der Waals surface area contributed by atoms with Crippen molar-refractivity contribution in [2.75, 3.05) is 20.0 Å². The molecule has 5 heteroatoms. The first kappa shape index (κ1) is 15.9. The number of rotatable bonds is 6. The second kappa shape index (κ2) is 8.07. The van der Waals surface area contributed by atoms with Gasteiger partial charge in [0.2, 0.25) is 0 Å². The largest absolute Gasteiger partial charge is 0.383 e. The average Bonchev–Trinajstić information content (AvgIpc) is 2.37. The fourth-order valence-electron chi connectivity index (χ4n) is 1.74. The fraction of sp³-hybridized carbons (Fsp3) is 0.500. The first-order chi connectivity index (χ1) is 9.06. The fourth-order valence-corrected chi connectivity index (χ4v) is 2.44. The van der Waals surface area contributed by atoms with Gasteiger partial charge in [0, 0.05) is 18.0 Å². The van der Waals surface area contributed by atoms with Gasteiger partial charge in [-0.2, -0.15) is 0 Å². The molecule has 0 amide bonds. The van der Waals surface area contributed by atoms with Gasteiger partial charge in [0.25, 0.3) is 0 Å². The van der Waals surface area contributed by atoms with Crippen LogP contribution in [0.15, 0.2) is 28.1 Å². The van der Waals surface area contributed by atoms with E-state index in [0.717, 1.165) is 0 Å². The molecule has 0 spiro atoms. The molecule has 3 N–H and O–H groups in total. The lowest BCUT2D eigenvalue weighted by molar-refractivity contribution is 0.179. The van der Waals surface area contributed by atoms with E-state index in [2.05, 4.69) is 41.7 Å². The number of hydrogen-bond donors (Lipinski definition) is 2. The summed E-state index contributed by atoms with van der Waals surface area (Å²) in [6.07, 6.45) is 2.07. The van der Waals surface area contributed by atoms with Crippen LogP contribution in [0.5, 0.6) is 0 Å². The lowest BCUT2D eigenvalue weighted by atomic mass is 10.1. The Kier molecular flexibility index (Phi) is 6.73. The van der Waals surface area contributed by atoms with Gasteiger partial charge in [0.05, 0.1) is 13.2 Å². The van der Waals surface area contributed by atoms with Crippen molar-refractivity contribution in [2.45, 2.75) is 31.3 Å². The molecule has 0 saturated heterocycles. The van der Waals surface area contributed by atoms with Crippen molar-refractivity contribution >= 4 is 17.7 Å². The number of aryl methyl sites for hydroxylation is 1. The van der Waals surface area contributed by atoms with Gasteiger partial charge in [0.15, 0.2) is 5.96 Å². The van der Waals surface area contributed by atoms with Crippen molar-refractivity contribution in [1.82, 2.24) is 5.32 Å². The number of nitrogens with zero attached hydrogens (tertiary/aromatic N) is 1. The summed E-state index contributed by atoms with van der Waals surface area (Å²) in [6.45, 7) is 5.30. The minimum absolute atomic E-state index is 0.159. The Bertz CT molecular complexity index is 435. The molecule has 1 aromatic rings. The summed E-state index contributed by atoms with van der Waals surface area (Å²) in [6, 6.07) is 6.54. The highest BCUT2D eigenvalue weighted by Crippen LogP contribution is 2.22. The predicted molar refractivity (Wildman–Crippen MR) is 82.8 cm³/mol. The number of nitrogens with one attached hydrogen (secondary N) is 1. The quantitative estimate of drug-likeness (QED) is 0.476. The molecule has 0 heterocycles. The highest BCUT2D eigenvalue weighted by molar-refractivity contribution is 7.98. The lowest BCUT2D eigenvalue weighted by Crippen LogP contribution is -2.40.